The van der Waals surface area contributed by atoms with Gasteiger partial charge >= 0.3 is 0 Å². The maximum Gasteiger partial charge on any atom is 0.191 e. The fraction of sp³-hybridized carbons (Fsp3) is 0.947. The van der Waals surface area contributed by atoms with E-state index in [9.17, 15) is 0 Å². The first-order valence-electron chi connectivity index (χ1n) is 9.81. The predicted octanol–water partition coefficient (Wildman–Crippen LogP) is 3.72. The summed E-state index contributed by atoms with van der Waals surface area (Å²) < 4.78 is 0. The predicted molar refractivity (Wildman–Crippen MR) is 115 cm³/mol. The third-order valence-electron chi connectivity index (χ3n) is 5.75. The van der Waals surface area contributed by atoms with Crippen molar-refractivity contribution >= 4 is 29.9 Å². The highest BCUT2D eigenvalue weighted by Gasteiger charge is 2.24. The van der Waals surface area contributed by atoms with Gasteiger partial charge in [0.15, 0.2) is 5.96 Å². The zero-order valence-electron chi connectivity index (χ0n) is 16.2. The molecule has 142 valence electrons. The van der Waals surface area contributed by atoms with Gasteiger partial charge in [-0.25, -0.2) is 0 Å². The molecule has 0 bridgehead atoms. The number of aliphatic imine (C=N–C) groups is 1. The summed E-state index contributed by atoms with van der Waals surface area (Å²) in [6.07, 6.45) is 7.90. The van der Waals surface area contributed by atoms with E-state index in [0.29, 0.717) is 6.04 Å². The van der Waals surface area contributed by atoms with Gasteiger partial charge in [-0.15, -0.1) is 24.0 Å². The number of likely N-dealkylation sites (tertiary alicyclic amines) is 1. The SMILES string of the molecule is CCNC(=NCC1CCN(C)CC1)NC1CCC(C(C)C)CC1.I. The normalized spacial score (nSPS) is 27.0. The first-order chi connectivity index (χ1) is 11.1. The highest BCUT2D eigenvalue weighted by atomic mass is 127. The maximum atomic E-state index is 4.89. The molecule has 0 spiro atoms. The Balaban J connectivity index is 0.00000288. The number of guanidine groups is 1. The van der Waals surface area contributed by atoms with Gasteiger partial charge in [0.05, 0.1) is 0 Å². The molecule has 4 nitrogen and oxygen atoms in total. The molecule has 0 aromatic heterocycles. The van der Waals surface area contributed by atoms with Crippen molar-refractivity contribution < 1.29 is 0 Å². The van der Waals surface area contributed by atoms with Gasteiger partial charge in [0.25, 0.3) is 0 Å². The molecule has 0 atom stereocenters. The molecule has 1 aliphatic carbocycles. The lowest BCUT2D eigenvalue weighted by Crippen LogP contribution is -2.45. The number of hydrogen-bond donors (Lipinski definition) is 2. The van der Waals surface area contributed by atoms with Crippen LogP contribution in [-0.2, 0) is 0 Å². The van der Waals surface area contributed by atoms with Crippen LogP contribution in [0, 0.1) is 17.8 Å². The molecule has 2 rings (SSSR count). The van der Waals surface area contributed by atoms with Gasteiger partial charge < -0.3 is 15.5 Å². The molecule has 2 aliphatic rings. The summed E-state index contributed by atoms with van der Waals surface area (Å²) in [5.41, 5.74) is 0. The quantitative estimate of drug-likeness (QED) is 0.381. The summed E-state index contributed by atoms with van der Waals surface area (Å²) in [6, 6.07) is 0.611. The maximum absolute atomic E-state index is 4.89. The van der Waals surface area contributed by atoms with E-state index in [-0.39, 0.29) is 24.0 Å². The molecule has 1 heterocycles. The van der Waals surface area contributed by atoms with Crippen LogP contribution in [0.2, 0.25) is 0 Å². The molecule has 1 aliphatic heterocycles. The van der Waals surface area contributed by atoms with Crippen LogP contribution in [0.15, 0.2) is 4.99 Å². The van der Waals surface area contributed by atoms with Gasteiger partial charge in [0, 0.05) is 19.1 Å². The summed E-state index contributed by atoms with van der Waals surface area (Å²) in [4.78, 5) is 7.31. The van der Waals surface area contributed by atoms with E-state index < -0.39 is 0 Å². The van der Waals surface area contributed by atoms with Gasteiger partial charge in [0.1, 0.15) is 0 Å². The zero-order chi connectivity index (χ0) is 16.7. The molecular weight excluding hydrogens is 411 g/mol. The Morgan fingerprint density at radius 1 is 1.08 bits per heavy atom. The van der Waals surface area contributed by atoms with E-state index in [0.717, 1.165) is 36.8 Å². The summed E-state index contributed by atoms with van der Waals surface area (Å²) in [6.45, 7) is 11.3. The third kappa shape index (κ3) is 7.46. The molecule has 0 amide bonds. The second kappa shape index (κ2) is 11.6. The van der Waals surface area contributed by atoms with Crippen molar-refractivity contribution in [3.05, 3.63) is 0 Å². The number of hydrogen-bond acceptors (Lipinski definition) is 2. The van der Waals surface area contributed by atoms with Crippen molar-refractivity contribution in [2.75, 3.05) is 33.2 Å². The second-order valence-corrected chi connectivity index (χ2v) is 7.97. The minimum absolute atomic E-state index is 0. The van der Waals surface area contributed by atoms with Crippen LogP contribution in [0.5, 0.6) is 0 Å². The Kier molecular flexibility index (Phi) is 10.6. The lowest BCUT2D eigenvalue weighted by atomic mass is 9.80. The number of halogens is 1. The van der Waals surface area contributed by atoms with Crippen molar-refractivity contribution in [2.45, 2.75) is 65.3 Å². The molecule has 0 aromatic carbocycles. The molecular formula is C19H39IN4. The van der Waals surface area contributed by atoms with Crippen molar-refractivity contribution in [3.8, 4) is 0 Å². The molecule has 2 fully saturated rings. The van der Waals surface area contributed by atoms with Gasteiger partial charge in [-0.3, -0.25) is 4.99 Å². The number of nitrogens with zero attached hydrogens (tertiary/aromatic N) is 2. The topological polar surface area (TPSA) is 39.7 Å². The van der Waals surface area contributed by atoms with Crippen molar-refractivity contribution in [1.82, 2.24) is 15.5 Å². The van der Waals surface area contributed by atoms with E-state index in [4.69, 9.17) is 4.99 Å². The molecule has 0 aromatic rings. The van der Waals surface area contributed by atoms with E-state index >= 15 is 0 Å². The molecule has 0 radical (unpaired) electrons. The number of nitrogens with one attached hydrogen (secondary N) is 2. The Labute approximate surface area is 166 Å². The molecule has 0 unspecified atom stereocenters. The highest BCUT2D eigenvalue weighted by Crippen LogP contribution is 2.29. The van der Waals surface area contributed by atoms with Crippen molar-refractivity contribution in [3.63, 3.8) is 0 Å². The lowest BCUT2D eigenvalue weighted by Gasteiger charge is -2.32. The van der Waals surface area contributed by atoms with E-state index in [2.05, 4.69) is 43.4 Å². The van der Waals surface area contributed by atoms with Crippen LogP contribution >= 0.6 is 24.0 Å². The summed E-state index contributed by atoms with van der Waals surface area (Å²) in [5, 5.41) is 7.13. The minimum Gasteiger partial charge on any atom is -0.357 e. The standard InChI is InChI=1S/C19H38N4.HI/c1-5-20-19(21-14-16-10-12-23(4)13-11-16)22-18-8-6-17(7-9-18)15(2)3;/h15-18H,5-14H2,1-4H3,(H2,20,21,22);1H. The molecule has 2 N–H and O–H groups in total. The molecule has 5 heteroatoms. The molecule has 1 saturated heterocycles. The number of piperidine rings is 1. The van der Waals surface area contributed by atoms with E-state index in [1.54, 1.807) is 0 Å². The van der Waals surface area contributed by atoms with Crippen LogP contribution in [0.25, 0.3) is 0 Å². The Hall–Kier alpha value is -0.0400. The van der Waals surface area contributed by atoms with Gasteiger partial charge in [0.2, 0.25) is 0 Å². The average Bonchev–Trinajstić information content (AvgIpc) is 2.55. The van der Waals surface area contributed by atoms with Gasteiger partial charge in [-0.1, -0.05) is 13.8 Å². The zero-order valence-corrected chi connectivity index (χ0v) is 18.5. The average molecular weight is 450 g/mol. The Morgan fingerprint density at radius 2 is 1.71 bits per heavy atom. The van der Waals surface area contributed by atoms with Crippen LogP contribution < -0.4 is 10.6 Å². The third-order valence-corrected chi connectivity index (χ3v) is 5.75. The lowest BCUT2D eigenvalue weighted by molar-refractivity contribution is 0.223. The van der Waals surface area contributed by atoms with Crippen LogP contribution in [-0.4, -0.2) is 50.1 Å². The monoisotopic (exact) mass is 450 g/mol. The van der Waals surface area contributed by atoms with E-state index in [1.165, 1.54) is 51.6 Å². The fourth-order valence-electron chi connectivity index (χ4n) is 3.91. The molecule has 24 heavy (non-hydrogen) atoms. The highest BCUT2D eigenvalue weighted by molar-refractivity contribution is 14.0. The van der Waals surface area contributed by atoms with Crippen LogP contribution in [0.4, 0.5) is 0 Å². The first-order valence-corrected chi connectivity index (χ1v) is 9.81. The summed E-state index contributed by atoms with van der Waals surface area (Å²) >= 11 is 0. The first kappa shape index (κ1) is 22.0. The Morgan fingerprint density at radius 3 is 2.25 bits per heavy atom. The minimum atomic E-state index is 0. The van der Waals surface area contributed by atoms with Crippen LogP contribution in [0.1, 0.15) is 59.3 Å². The van der Waals surface area contributed by atoms with Gasteiger partial charge in [-0.05, 0) is 83.3 Å². The van der Waals surface area contributed by atoms with Crippen molar-refractivity contribution in [1.29, 1.82) is 0 Å². The fourth-order valence-corrected chi connectivity index (χ4v) is 3.91. The smallest absolute Gasteiger partial charge is 0.191 e. The largest absolute Gasteiger partial charge is 0.357 e. The Bertz CT molecular complexity index is 356. The second-order valence-electron chi connectivity index (χ2n) is 7.97. The number of rotatable bonds is 5. The van der Waals surface area contributed by atoms with Gasteiger partial charge in [-0.2, -0.15) is 0 Å². The van der Waals surface area contributed by atoms with Crippen molar-refractivity contribution in [2.24, 2.45) is 22.7 Å². The van der Waals surface area contributed by atoms with Crippen LogP contribution in [0.3, 0.4) is 0 Å². The molecule has 1 saturated carbocycles. The van der Waals surface area contributed by atoms with E-state index in [1.807, 2.05) is 0 Å². The summed E-state index contributed by atoms with van der Waals surface area (Å²) in [5.74, 6) is 3.56. The summed E-state index contributed by atoms with van der Waals surface area (Å²) in [7, 11) is 2.22.